The molecule has 1 aliphatic rings. The second kappa shape index (κ2) is 6.10. The molecule has 2 N–H and O–H groups in total. The van der Waals surface area contributed by atoms with Crippen LogP contribution < -0.4 is 5.32 Å². The van der Waals surface area contributed by atoms with Crippen molar-refractivity contribution >= 4 is 45.8 Å². The minimum atomic E-state index is -0.674. The number of aliphatic carboxylic acids is 1. The smallest absolute Gasteiger partial charge is 0.306 e. The van der Waals surface area contributed by atoms with E-state index in [0.29, 0.717) is 6.42 Å². The second-order valence-electron chi connectivity index (χ2n) is 4.67. The molecule has 0 bridgehead atoms. The Morgan fingerprint density at radius 3 is 2.89 bits per heavy atom. The number of benzene rings is 1. The van der Waals surface area contributed by atoms with E-state index in [1.54, 1.807) is 0 Å². The zero-order chi connectivity index (χ0) is 13.1. The molecule has 0 spiro atoms. The molecule has 0 radical (unpaired) electrons. The third kappa shape index (κ3) is 3.51. The summed E-state index contributed by atoms with van der Waals surface area (Å²) in [5, 5.41) is 13.2. The van der Waals surface area contributed by atoms with Crippen LogP contribution in [0.3, 0.4) is 0 Å². The summed E-state index contributed by atoms with van der Waals surface area (Å²) in [7, 11) is 0. The van der Waals surface area contributed by atoms with Gasteiger partial charge in [0, 0.05) is 20.3 Å². The number of carboxylic acid groups (broad SMARTS) is 1. The summed E-state index contributed by atoms with van der Waals surface area (Å²) >= 11 is 8.15. The molecule has 0 aromatic heterocycles. The molecular formula is C13H15ClINO2. The summed E-state index contributed by atoms with van der Waals surface area (Å²) in [4.78, 5) is 11.0. The minimum absolute atomic E-state index is 0.207. The van der Waals surface area contributed by atoms with Crippen LogP contribution in [0, 0.1) is 9.49 Å². The Bertz CT molecular complexity index is 453. The molecule has 1 aromatic rings. The van der Waals surface area contributed by atoms with Gasteiger partial charge in [0.05, 0.1) is 5.92 Å². The molecule has 2 unspecified atom stereocenters. The predicted molar refractivity (Wildman–Crippen MR) is 81.2 cm³/mol. The summed E-state index contributed by atoms with van der Waals surface area (Å²) in [6, 6.07) is 5.95. The molecule has 0 heterocycles. The van der Waals surface area contributed by atoms with Gasteiger partial charge in [-0.25, -0.2) is 0 Å². The fraction of sp³-hybridized carbons (Fsp3) is 0.462. The van der Waals surface area contributed by atoms with Crippen LogP contribution in [-0.4, -0.2) is 17.1 Å². The highest BCUT2D eigenvalue weighted by atomic mass is 127. The van der Waals surface area contributed by atoms with Crippen LogP contribution in [0.1, 0.15) is 25.7 Å². The molecule has 98 valence electrons. The lowest BCUT2D eigenvalue weighted by atomic mass is 9.85. The standard InChI is InChI=1S/C13H15ClINO2/c14-9-4-5-12(11(15)7-9)16-10-3-1-2-8(6-10)13(17)18/h4-5,7-8,10,16H,1-3,6H2,(H,17,18). The van der Waals surface area contributed by atoms with Crippen LogP contribution in [0.25, 0.3) is 0 Å². The van der Waals surface area contributed by atoms with E-state index >= 15 is 0 Å². The maximum Gasteiger partial charge on any atom is 0.306 e. The normalized spacial score (nSPS) is 23.7. The first-order valence-corrected chi connectivity index (χ1v) is 7.46. The van der Waals surface area contributed by atoms with Gasteiger partial charge in [-0.05, 0) is 60.1 Å². The summed E-state index contributed by atoms with van der Waals surface area (Å²) in [6.07, 6.45) is 3.50. The Morgan fingerprint density at radius 2 is 2.22 bits per heavy atom. The monoisotopic (exact) mass is 379 g/mol. The van der Waals surface area contributed by atoms with Crippen molar-refractivity contribution < 1.29 is 9.90 Å². The number of rotatable bonds is 3. The van der Waals surface area contributed by atoms with E-state index in [2.05, 4.69) is 27.9 Å². The molecule has 0 aliphatic heterocycles. The molecular weight excluding hydrogens is 365 g/mol. The first kappa shape index (κ1) is 13.9. The Morgan fingerprint density at radius 1 is 1.44 bits per heavy atom. The quantitative estimate of drug-likeness (QED) is 0.781. The van der Waals surface area contributed by atoms with Crippen molar-refractivity contribution in [3.63, 3.8) is 0 Å². The Kier molecular flexibility index (Phi) is 4.72. The highest BCUT2D eigenvalue weighted by molar-refractivity contribution is 14.1. The van der Waals surface area contributed by atoms with Crippen molar-refractivity contribution in [1.29, 1.82) is 0 Å². The number of carbonyl (C=O) groups is 1. The van der Waals surface area contributed by atoms with Gasteiger partial charge < -0.3 is 10.4 Å². The van der Waals surface area contributed by atoms with E-state index in [-0.39, 0.29) is 12.0 Å². The number of hydrogen-bond acceptors (Lipinski definition) is 2. The summed E-state index contributed by atoms with van der Waals surface area (Å²) < 4.78 is 1.07. The highest BCUT2D eigenvalue weighted by Gasteiger charge is 2.27. The predicted octanol–water partition coefficient (Wildman–Crippen LogP) is 4.00. The molecule has 1 saturated carbocycles. The van der Waals surface area contributed by atoms with Crippen molar-refractivity contribution in [3.05, 3.63) is 26.8 Å². The molecule has 2 rings (SSSR count). The van der Waals surface area contributed by atoms with E-state index in [1.807, 2.05) is 18.2 Å². The molecule has 2 atom stereocenters. The molecule has 1 fully saturated rings. The number of carboxylic acids is 1. The molecule has 3 nitrogen and oxygen atoms in total. The number of halogens is 2. The van der Waals surface area contributed by atoms with Crippen LogP contribution in [0.2, 0.25) is 5.02 Å². The van der Waals surface area contributed by atoms with Crippen LogP contribution >= 0.6 is 34.2 Å². The van der Waals surface area contributed by atoms with Gasteiger partial charge in [0.1, 0.15) is 0 Å². The molecule has 1 aliphatic carbocycles. The SMILES string of the molecule is O=C(O)C1CCCC(Nc2ccc(Cl)cc2I)C1. The molecule has 0 amide bonds. The highest BCUT2D eigenvalue weighted by Crippen LogP contribution is 2.29. The minimum Gasteiger partial charge on any atom is -0.481 e. The third-order valence-electron chi connectivity index (χ3n) is 3.31. The summed E-state index contributed by atoms with van der Waals surface area (Å²) in [6.45, 7) is 0. The van der Waals surface area contributed by atoms with Crippen molar-refractivity contribution in [2.45, 2.75) is 31.7 Å². The average Bonchev–Trinajstić information content (AvgIpc) is 2.33. The van der Waals surface area contributed by atoms with Gasteiger partial charge in [0.2, 0.25) is 0 Å². The van der Waals surface area contributed by atoms with Crippen LogP contribution in [0.15, 0.2) is 18.2 Å². The third-order valence-corrected chi connectivity index (χ3v) is 4.44. The van der Waals surface area contributed by atoms with E-state index in [0.717, 1.165) is 33.5 Å². The lowest BCUT2D eigenvalue weighted by molar-refractivity contribution is -0.142. The molecule has 1 aromatic carbocycles. The van der Waals surface area contributed by atoms with Gasteiger partial charge in [0.15, 0.2) is 0 Å². The largest absolute Gasteiger partial charge is 0.481 e. The Hall–Kier alpha value is -0.490. The fourth-order valence-corrected chi connectivity index (χ4v) is 3.40. The van der Waals surface area contributed by atoms with E-state index in [1.165, 1.54) is 0 Å². The maximum absolute atomic E-state index is 11.0. The van der Waals surface area contributed by atoms with E-state index in [9.17, 15) is 4.79 Å². The van der Waals surface area contributed by atoms with Crippen LogP contribution in [0.4, 0.5) is 5.69 Å². The zero-order valence-corrected chi connectivity index (χ0v) is 12.7. The molecule has 18 heavy (non-hydrogen) atoms. The Balaban J connectivity index is 2.02. The van der Waals surface area contributed by atoms with E-state index < -0.39 is 5.97 Å². The van der Waals surface area contributed by atoms with Gasteiger partial charge in [-0.3, -0.25) is 4.79 Å². The van der Waals surface area contributed by atoms with Gasteiger partial charge in [-0.15, -0.1) is 0 Å². The van der Waals surface area contributed by atoms with Gasteiger partial charge >= 0.3 is 5.97 Å². The van der Waals surface area contributed by atoms with Gasteiger partial charge in [-0.2, -0.15) is 0 Å². The first-order valence-electron chi connectivity index (χ1n) is 6.00. The lowest BCUT2D eigenvalue weighted by Gasteiger charge is -2.28. The van der Waals surface area contributed by atoms with Crippen molar-refractivity contribution in [1.82, 2.24) is 0 Å². The molecule has 5 heteroatoms. The van der Waals surface area contributed by atoms with Crippen LogP contribution in [-0.2, 0) is 4.79 Å². The maximum atomic E-state index is 11.0. The van der Waals surface area contributed by atoms with Crippen molar-refractivity contribution in [2.24, 2.45) is 5.92 Å². The summed E-state index contributed by atoms with van der Waals surface area (Å²) in [5.41, 5.74) is 1.04. The number of anilines is 1. The van der Waals surface area contributed by atoms with E-state index in [4.69, 9.17) is 16.7 Å². The van der Waals surface area contributed by atoms with Crippen LogP contribution in [0.5, 0.6) is 0 Å². The fourth-order valence-electron chi connectivity index (χ4n) is 2.37. The van der Waals surface area contributed by atoms with Crippen molar-refractivity contribution in [3.8, 4) is 0 Å². The second-order valence-corrected chi connectivity index (χ2v) is 6.27. The van der Waals surface area contributed by atoms with Gasteiger partial charge in [0.25, 0.3) is 0 Å². The first-order chi connectivity index (χ1) is 8.56. The summed E-state index contributed by atoms with van der Waals surface area (Å²) in [5.74, 6) is -0.881. The molecule has 0 saturated heterocycles. The lowest BCUT2D eigenvalue weighted by Crippen LogP contribution is -2.31. The topological polar surface area (TPSA) is 49.3 Å². The van der Waals surface area contributed by atoms with Gasteiger partial charge in [-0.1, -0.05) is 18.0 Å². The number of nitrogens with one attached hydrogen (secondary N) is 1. The average molecular weight is 380 g/mol. The number of hydrogen-bond donors (Lipinski definition) is 2. The van der Waals surface area contributed by atoms with Crippen molar-refractivity contribution in [2.75, 3.05) is 5.32 Å². The Labute approximate surface area is 125 Å². The zero-order valence-electron chi connectivity index (χ0n) is 9.83.